The Kier molecular flexibility index (Phi) is 2.88. The highest BCUT2D eigenvalue weighted by Crippen LogP contribution is 2.68. The lowest BCUT2D eigenvalue weighted by Gasteiger charge is -2.65. The third kappa shape index (κ3) is 1.63. The molecule has 0 heterocycles. The second-order valence-electron chi connectivity index (χ2n) is 7.19. The predicted octanol–water partition coefficient (Wildman–Crippen LogP) is 5.20. The first kappa shape index (κ1) is 11.8. The second kappa shape index (κ2) is 4.14. The van der Waals surface area contributed by atoms with Gasteiger partial charge in [0, 0.05) is 0 Å². The Hall–Kier alpha value is -0.260. The van der Waals surface area contributed by atoms with Crippen LogP contribution in [0.2, 0.25) is 0 Å². The van der Waals surface area contributed by atoms with E-state index in [4.69, 9.17) is 0 Å². The monoisotopic (exact) mass is 232 g/mol. The molecular weight excluding hydrogens is 204 g/mol. The lowest BCUT2D eigenvalue weighted by atomic mass is 9.39. The Bertz CT molecular complexity index is 312. The molecule has 0 aromatic carbocycles. The van der Waals surface area contributed by atoms with Gasteiger partial charge in [-0.3, -0.25) is 0 Å². The summed E-state index contributed by atoms with van der Waals surface area (Å²) in [6.45, 7) is 9.03. The molecule has 0 radical (unpaired) electrons. The van der Waals surface area contributed by atoms with E-state index in [1.54, 1.807) is 12.8 Å². The van der Waals surface area contributed by atoms with E-state index in [1.165, 1.54) is 44.1 Å². The zero-order valence-electron chi connectivity index (χ0n) is 11.7. The van der Waals surface area contributed by atoms with Crippen LogP contribution in [0.3, 0.4) is 0 Å². The van der Waals surface area contributed by atoms with E-state index in [-0.39, 0.29) is 0 Å². The molecule has 4 atom stereocenters. The zero-order valence-corrected chi connectivity index (χ0v) is 11.7. The maximum absolute atomic E-state index is 4.32. The average Bonchev–Trinajstić information content (AvgIpc) is 2.23. The molecule has 4 saturated carbocycles. The molecule has 17 heavy (non-hydrogen) atoms. The minimum Gasteiger partial charge on any atom is -0.0998 e. The molecule has 0 aliphatic heterocycles. The summed E-state index contributed by atoms with van der Waals surface area (Å²) in [4.78, 5) is 0. The van der Waals surface area contributed by atoms with Gasteiger partial charge in [-0.05, 0) is 61.7 Å². The van der Waals surface area contributed by atoms with Gasteiger partial charge in [0.15, 0.2) is 0 Å². The molecule has 4 aliphatic carbocycles. The van der Waals surface area contributed by atoms with Crippen molar-refractivity contribution in [3.05, 3.63) is 12.2 Å². The van der Waals surface area contributed by atoms with E-state index in [0.29, 0.717) is 5.41 Å². The van der Waals surface area contributed by atoms with Crippen molar-refractivity contribution in [2.75, 3.05) is 0 Å². The number of rotatable bonds is 4. The summed E-state index contributed by atoms with van der Waals surface area (Å²) in [5.41, 5.74) is 2.19. The smallest absolute Gasteiger partial charge is 0.0149 e. The van der Waals surface area contributed by atoms with Gasteiger partial charge in [0.2, 0.25) is 0 Å². The SMILES string of the molecule is C=C(C)[C@@H]1CC[C@@H]2CC1(CC1CCC1)C2CC. The predicted molar refractivity (Wildman–Crippen MR) is 73.8 cm³/mol. The molecule has 0 aromatic rings. The van der Waals surface area contributed by atoms with Gasteiger partial charge in [0.05, 0.1) is 0 Å². The highest BCUT2D eigenvalue weighted by Gasteiger charge is 2.59. The quantitative estimate of drug-likeness (QED) is 0.585. The van der Waals surface area contributed by atoms with Gasteiger partial charge in [-0.15, -0.1) is 0 Å². The molecule has 0 N–H and O–H groups in total. The average molecular weight is 232 g/mol. The topological polar surface area (TPSA) is 0 Å². The first-order valence-corrected chi connectivity index (χ1v) is 7.82. The van der Waals surface area contributed by atoms with Crippen LogP contribution in [0.1, 0.15) is 65.2 Å². The van der Waals surface area contributed by atoms with Crippen molar-refractivity contribution < 1.29 is 0 Å². The maximum Gasteiger partial charge on any atom is -0.0149 e. The van der Waals surface area contributed by atoms with Crippen molar-refractivity contribution in [1.29, 1.82) is 0 Å². The van der Waals surface area contributed by atoms with Crippen molar-refractivity contribution in [3.8, 4) is 0 Å². The van der Waals surface area contributed by atoms with Crippen LogP contribution in [0.15, 0.2) is 12.2 Å². The van der Waals surface area contributed by atoms with Gasteiger partial charge < -0.3 is 0 Å². The third-order valence-electron chi connectivity index (χ3n) is 6.40. The second-order valence-corrected chi connectivity index (χ2v) is 7.19. The van der Waals surface area contributed by atoms with Crippen LogP contribution in [0, 0.1) is 29.1 Å². The molecule has 0 aromatic heterocycles. The summed E-state index contributed by atoms with van der Waals surface area (Å²) < 4.78 is 0. The summed E-state index contributed by atoms with van der Waals surface area (Å²) in [7, 11) is 0. The molecule has 4 aliphatic rings. The van der Waals surface area contributed by atoms with Crippen LogP contribution >= 0.6 is 0 Å². The minimum atomic E-state index is 0.703. The molecule has 2 bridgehead atoms. The summed E-state index contributed by atoms with van der Waals surface area (Å²) in [6.07, 6.45) is 12.0. The minimum absolute atomic E-state index is 0.703. The number of hydrogen-bond acceptors (Lipinski definition) is 0. The van der Waals surface area contributed by atoms with E-state index in [1.807, 2.05) is 0 Å². The van der Waals surface area contributed by atoms with E-state index in [9.17, 15) is 0 Å². The molecule has 4 fully saturated rings. The van der Waals surface area contributed by atoms with Gasteiger partial charge in [-0.1, -0.05) is 44.8 Å². The van der Waals surface area contributed by atoms with E-state index >= 15 is 0 Å². The molecule has 96 valence electrons. The van der Waals surface area contributed by atoms with Gasteiger partial charge >= 0.3 is 0 Å². The Balaban J connectivity index is 1.81. The summed E-state index contributed by atoms with van der Waals surface area (Å²) in [6, 6.07) is 0. The lowest BCUT2D eigenvalue weighted by Crippen LogP contribution is -2.57. The fraction of sp³-hybridized carbons (Fsp3) is 0.882. The first-order valence-electron chi connectivity index (χ1n) is 7.82. The Morgan fingerprint density at radius 1 is 1.24 bits per heavy atom. The maximum atomic E-state index is 4.32. The summed E-state index contributed by atoms with van der Waals surface area (Å²) in [5.74, 6) is 4.05. The van der Waals surface area contributed by atoms with Crippen molar-refractivity contribution in [2.24, 2.45) is 29.1 Å². The van der Waals surface area contributed by atoms with Crippen LogP contribution in [-0.2, 0) is 0 Å². The standard InChI is InChI=1S/C17H28/c1-4-15-14-8-9-16(12(2)3)17(15,11-14)10-13-6-5-7-13/h13-16H,2,4-11H2,1,3H3/t14-,15?,16+,17?/m1/s1. The summed E-state index contributed by atoms with van der Waals surface area (Å²) in [5, 5.41) is 0. The molecule has 0 nitrogen and oxygen atoms in total. The van der Waals surface area contributed by atoms with Crippen molar-refractivity contribution in [2.45, 2.75) is 65.2 Å². The van der Waals surface area contributed by atoms with Gasteiger partial charge in [0.25, 0.3) is 0 Å². The lowest BCUT2D eigenvalue weighted by molar-refractivity contribution is -0.145. The van der Waals surface area contributed by atoms with Crippen LogP contribution in [0.4, 0.5) is 0 Å². The molecule has 2 unspecified atom stereocenters. The Labute approximate surface area is 107 Å². The fourth-order valence-electron chi connectivity index (χ4n) is 5.55. The van der Waals surface area contributed by atoms with Crippen LogP contribution < -0.4 is 0 Å². The largest absolute Gasteiger partial charge is 0.0998 e. The van der Waals surface area contributed by atoms with E-state index in [0.717, 1.165) is 23.7 Å². The third-order valence-corrected chi connectivity index (χ3v) is 6.40. The van der Waals surface area contributed by atoms with E-state index < -0.39 is 0 Å². The van der Waals surface area contributed by atoms with Gasteiger partial charge in [-0.25, -0.2) is 0 Å². The number of fused-ring (bicyclic) bond motifs is 2. The molecule has 0 saturated heterocycles. The highest BCUT2D eigenvalue weighted by molar-refractivity contribution is 5.17. The molecular formula is C17H28. The Morgan fingerprint density at radius 2 is 2.00 bits per heavy atom. The zero-order chi connectivity index (χ0) is 12.0. The molecule has 0 amide bonds. The van der Waals surface area contributed by atoms with E-state index in [2.05, 4.69) is 20.4 Å². The van der Waals surface area contributed by atoms with Crippen LogP contribution in [-0.4, -0.2) is 0 Å². The van der Waals surface area contributed by atoms with Crippen LogP contribution in [0.25, 0.3) is 0 Å². The molecule has 0 heteroatoms. The highest BCUT2D eigenvalue weighted by atomic mass is 14.6. The molecule has 0 spiro atoms. The molecule has 4 rings (SSSR count). The Morgan fingerprint density at radius 3 is 2.53 bits per heavy atom. The number of hydrogen-bond donors (Lipinski definition) is 0. The first-order chi connectivity index (χ1) is 8.17. The van der Waals surface area contributed by atoms with Crippen LogP contribution in [0.5, 0.6) is 0 Å². The normalized spacial score (nSPS) is 44.9. The van der Waals surface area contributed by atoms with Crippen molar-refractivity contribution >= 4 is 0 Å². The van der Waals surface area contributed by atoms with Gasteiger partial charge in [-0.2, -0.15) is 0 Å². The summed E-state index contributed by atoms with van der Waals surface area (Å²) >= 11 is 0. The number of allylic oxidation sites excluding steroid dienone is 1. The fourth-order valence-corrected chi connectivity index (χ4v) is 5.55. The van der Waals surface area contributed by atoms with Crippen molar-refractivity contribution in [1.82, 2.24) is 0 Å². The van der Waals surface area contributed by atoms with Crippen molar-refractivity contribution in [3.63, 3.8) is 0 Å². The van der Waals surface area contributed by atoms with Gasteiger partial charge in [0.1, 0.15) is 0 Å².